The van der Waals surface area contributed by atoms with Gasteiger partial charge in [0.05, 0.1) is 27.3 Å². The lowest BCUT2D eigenvalue weighted by Gasteiger charge is -2.22. The first kappa shape index (κ1) is 15.6. The highest BCUT2D eigenvalue weighted by atomic mass is 16.5. The molecule has 5 nitrogen and oxygen atoms in total. The second-order valence-corrected chi connectivity index (χ2v) is 5.45. The Bertz CT molecular complexity index is 471. The molecular formula is C16H25N2O3+. The SMILES string of the molecule is COc1ccc(CNC(=O)C[NH+]2CCCCC2)cc1OC. The minimum Gasteiger partial charge on any atom is -0.493 e. The van der Waals surface area contributed by atoms with E-state index in [0.29, 0.717) is 24.6 Å². The first-order valence-corrected chi connectivity index (χ1v) is 7.54. The van der Waals surface area contributed by atoms with Crippen molar-refractivity contribution in [3.8, 4) is 11.5 Å². The molecule has 2 rings (SSSR count). The molecule has 5 heteroatoms. The van der Waals surface area contributed by atoms with E-state index < -0.39 is 0 Å². The quantitative estimate of drug-likeness (QED) is 0.798. The van der Waals surface area contributed by atoms with Crippen LogP contribution in [0.25, 0.3) is 0 Å². The molecule has 116 valence electrons. The van der Waals surface area contributed by atoms with Crippen molar-refractivity contribution in [2.75, 3.05) is 33.9 Å². The summed E-state index contributed by atoms with van der Waals surface area (Å²) in [6.07, 6.45) is 3.77. The molecule has 0 spiro atoms. The zero-order valence-corrected chi connectivity index (χ0v) is 12.9. The van der Waals surface area contributed by atoms with E-state index in [0.717, 1.165) is 18.7 Å². The molecular weight excluding hydrogens is 268 g/mol. The van der Waals surface area contributed by atoms with E-state index in [4.69, 9.17) is 9.47 Å². The number of ether oxygens (including phenoxy) is 2. The zero-order valence-electron chi connectivity index (χ0n) is 12.9. The van der Waals surface area contributed by atoms with E-state index in [9.17, 15) is 4.79 Å². The Morgan fingerprint density at radius 3 is 2.52 bits per heavy atom. The van der Waals surface area contributed by atoms with Crippen LogP contribution in [0.15, 0.2) is 18.2 Å². The molecule has 0 aliphatic carbocycles. The van der Waals surface area contributed by atoms with Crippen molar-refractivity contribution in [1.29, 1.82) is 0 Å². The van der Waals surface area contributed by atoms with Gasteiger partial charge in [-0.25, -0.2) is 0 Å². The molecule has 0 saturated carbocycles. The van der Waals surface area contributed by atoms with Gasteiger partial charge in [-0.2, -0.15) is 0 Å². The van der Waals surface area contributed by atoms with E-state index in [1.165, 1.54) is 24.2 Å². The first-order valence-electron chi connectivity index (χ1n) is 7.54. The second kappa shape index (κ2) is 7.88. The third kappa shape index (κ3) is 4.63. The third-order valence-corrected chi connectivity index (χ3v) is 3.91. The number of amides is 1. The lowest BCUT2D eigenvalue weighted by molar-refractivity contribution is -0.896. The second-order valence-electron chi connectivity index (χ2n) is 5.45. The highest BCUT2D eigenvalue weighted by molar-refractivity contribution is 5.76. The number of hydrogen-bond donors (Lipinski definition) is 2. The van der Waals surface area contributed by atoms with E-state index in [-0.39, 0.29) is 5.91 Å². The van der Waals surface area contributed by atoms with Crippen LogP contribution in [0.3, 0.4) is 0 Å². The zero-order chi connectivity index (χ0) is 15.1. The number of quaternary nitrogens is 1. The largest absolute Gasteiger partial charge is 0.493 e. The van der Waals surface area contributed by atoms with Gasteiger partial charge < -0.3 is 19.7 Å². The predicted octanol–water partition coefficient (Wildman–Crippen LogP) is 0.389. The normalized spacial score (nSPS) is 15.5. The van der Waals surface area contributed by atoms with Gasteiger partial charge in [0, 0.05) is 6.54 Å². The minimum atomic E-state index is 0.113. The van der Waals surface area contributed by atoms with Crippen molar-refractivity contribution in [2.45, 2.75) is 25.8 Å². The topological polar surface area (TPSA) is 52.0 Å². The van der Waals surface area contributed by atoms with Crippen LogP contribution < -0.4 is 19.7 Å². The Morgan fingerprint density at radius 2 is 1.86 bits per heavy atom. The van der Waals surface area contributed by atoms with Crippen molar-refractivity contribution in [3.05, 3.63) is 23.8 Å². The highest BCUT2D eigenvalue weighted by Crippen LogP contribution is 2.27. The van der Waals surface area contributed by atoms with E-state index in [1.807, 2.05) is 18.2 Å². The first-order chi connectivity index (χ1) is 10.2. The molecule has 0 unspecified atom stereocenters. The molecule has 1 saturated heterocycles. The lowest BCUT2D eigenvalue weighted by Crippen LogP contribution is -3.13. The molecule has 1 aromatic carbocycles. The van der Waals surface area contributed by atoms with Crippen LogP contribution in [0.5, 0.6) is 11.5 Å². The van der Waals surface area contributed by atoms with Crippen LogP contribution in [-0.2, 0) is 11.3 Å². The molecule has 0 bridgehead atoms. The van der Waals surface area contributed by atoms with Gasteiger partial charge in [0.1, 0.15) is 0 Å². The maximum Gasteiger partial charge on any atom is 0.275 e. The number of methoxy groups -OCH3 is 2. The van der Waals surface area contributed by atoms with Crippen molar-refractivity contribution in [1.82, 2.24) is 5.32 Å². The number of benzene rings is 1. The maximum absolute atomic E-state index is 12.0. The molecule has 1 aliphatic rings. The average molecular weight is 293 g/mol. The fourth-order valence-electron chi connectivity index (χ4n) is 2.71. The van der Waals surface area contributed by atoms with E-state index >= 15 is 0 Å². The molecule has 1 fully saturated rings. The number of carbonyl (C=O) groups excluding carboxylic acids is 1. The Morgan fingerprint density at radius 1 is 1.14 bits per heavy atom. The molecule has 1 aliphatic heterocycles. The summed E-state index contributed by atoms with van der Waals surface area (Å²) in [7, 11) is 3.22. The number of likely N-dealkylation sites (tertiary alicyclic amines) is 1. The summed E-state index contributed by atoms with van der Waals surface area (Å²) >= 11 is 0. The standard InChI is InChI=1S/C16H24N2O3/c1-20-14-7-6-13(10-15(14)21-2)11-17-16(19)12-18-8-4-3-5-9-18/h6-7,10H,3-5,8-9,11-12H2,1-2H3,(H,17,19)/p+1. The Hall–Kier alpha value is -1.75. The minimum absolute atomic E-state index is 0.113. The van der Waals surface area contributed by atoms with Gasteiger partial charge in [-0.15, -0.1) is 0 Å². The third-order valence-electron chi connectivity index (χ3n) is 3.91. The highest BCUT2D eigenvalue weighted by Gasteiger charge is 2.17. The summed E-state index contributed by atoms with van der Waals surface area (Å²) in [6.45, 7) is 3.33. The fraction of sp³-hybridized carbons (Fsp3) is 0.562. The number of piperidine rings is 1. The number of hydrogen-bond acceptors (Lipinski definition) is 3. The van der Waals surface area contributed by atoms with Crippen molar-refractivity contribution in [2.24, 2.45) is 0 Å². The number of nitrogens with one attached hydrogen (secondary N) is 2. The van der Waals surface area contributed by atoms with Gasteiger partial charge in [-0.1, -0.05) is 6.07 Å². The molecule has 1 amide bonds. The van der Waals surface area contributed by atoms with Gasteiger partial charge in [0.2, 0.25) is 0 Å². The predicted molar refractivity (Wildman–Crippen MR) is 80.8 cm³/mol. The monoisotopic (exact) mass is 293 g/mol. The van der Waals surface area contributed by atoms with E-state index in [1.54, 1.807) is 14.2 Å². The van der Waals surface area contributed by atoms with Crippen LogP contribution in [0.4, 0.5) is 0 Å². The molecule has 1 aromatic rings. The van der Waals surface area contributed by atoms with Crippen LogP contribution in [0.1, 0.15) is 24.8 Å². The Kier molecular flexibility index (Phi) is 5.87. The number of rotatable bonds is 6. The molecule has 21 heavy (non-hydrogen) atoms. The summed E-state index contributed by atoms with van der Waals surface area (Å²) in [5.74, 6) is 1.50. The van der Waals surface area contributed by atoms with Crippen molar-refractivity contribution in [3.63, 3.8) is 0 Å². The lowest BCUT2D eigenvalue weighted by atomic mass is 10.1. The van der Waals surface area contributed by atoms with Crippen molar-refractivity contribution < 1.29 is 19.2 Å². The molecule has 0 aromatic heterocycles. The van der Waals surface area contributed by atoms with Gasteiger partial charge in [-0.05, 0) is 37.0 Å². The summed E-state index contributed by atoms with van der Waals surface area (Å²) in [4.78, 5) is 13.4. The average Bonchev–Trinajstić information content (AvgIpc) is 2.53. The Balaban J connectivity index is 1.83. The van der Waals surface area contributed by atoms with Gasteiger partial charge in [-0.3, -0.25) is 4.79 Å². The van der Waals surface area contributed by atoms with Crippen LogP contribution in [0.2, 0.25) is 0 Å². The summed E-state index contributed by atoms with van der Waals surface area (Å²) in [5.41, 5.74) is 1.01. The summed E-state index contributed by atoms with van der Waals surface area (Å²) in [6, 6.07) is 5.69. The van der Waals surface area contributed by atoms with Crippen LogP contribution in [-0.4, -0.2) is 39.8 Å². The summed E-state index contributed by atoms with van der Waals surface area (Å²) < 4.78 is 10.5. The van der Waals surface area contributed by atoms with E-state index in [2.05, 4.69) is 5.32 Å². The fourth-order valence-corrected chi connectivity index (χ4v) is 2.71. The van der Waals surface area contributed by atoms with Crippen LogP contribution >= 0.6 is 0 Å². The van der Waals surface area contributed by atoms with Gasteiger partial charge in [0.15, 0.2) is 18.0 Å². The smallest absolute Gasteiger partial charge is 0.275 e. The number of carbonyl (C=O) groups is 1. The van der Waals surface area contributed by atoms with Crippen molar-refractivity contribution >= 4 is 5.91 Å². The molecule has 0 radical (unpaired) electrons. The molecule has 2 N–H and O–H groups in total. The van der Waals surface area contributed by atoms with Gasteiger partial charge in [0.25, 0.3) is 5.91 Å². The summed E-state index contributed by atoms with van der Waals surface area (Å²) in [5, 5.41) is 2.98. The van der Waals surface area contributed by atoms with Crippen LogP contribution in [0, 0.1) is 0 Å². The molecule has 1 heterocycles. The maximum atomic E-state index is 12.0. The Labute approximate surface area is 126 Å². The van der Waals surface area contributed by atoms with Gasteiger partial charge >= 0.3 is 0 Å². The molecule has 0 atom stereocenters.